The van der Waals surface area contributed by atoms with Gasteiger partial charge in [0.1, 0.15) is 0 Å². The lowest BCUT2D eigenvalue weighted by atomic mass is 9.99. The fourth-order valence-electron chi connectivity index (χ4n) is 4.53. The highest BCUT2D eigenvalue weighted by atomic mass is 16.5. The van der Waals surface area contributed by atoms with Crippen LogP contribution in [-0.4, -0.2) is 30.3 Å². The fraction of sp³-hybridized carbons (Fsp3) is 0.214. The van der Waals surface area contributed by atoms with Gasteiger partial charge in [-0.05, 0) is 55.3 Å². The number of aromatic nitrogens is 1. The molecule has 0 aliphatic carbocycles. The first-order valence-electron chi connectivity index (χ1n) is 11.0. The molecule has 0 amide bonds. The Hall–Kier alpha value is -3.68. The summed E-state index contributed by atoms with van der Waals surface area (Å²) in [5.41, 5.74) is 7.25. The number of anilines is 1. The maximum absolute atomic E-state index is 9.05. The topological polar surface area (TPSA) is 49.2 Å². The van der Waals surface area contributed by atoms with Gasteiger partial charge in [0.25, 0.3) is 0 Å². The van der Waals surface area contributed by atoms with Gasteiger partial charge in [-0.15, -0.1) is 0 Å². The minimum atomic E-state index is 0.244. The Morgan fingerprint density at radius 2 is 1.56 bits per heavy atom. The van der Waals surface area contributed by atoms with Crippen LogP contribution in [0.3, 0.4) is 0 Å². The summed E-state index contributed by atoms with van der Waals surface area (Å²) in [6, 6.07) is 27.0. The zero-order valence-corrected chi connectivity index (χ0v) is 18.3. The van der Waals surface area contributed by atoms with Crippen LogP contribution in [0.1, 0.15) is 19.4 Å². The van der Waals surface area contributed by atoms with Gasteiger partial charge in [-0.3, -0.25) is 4.98 Å². The minimum Gasteiger partial charge on any atom is -0.372 e. The van der Waals surface area contributed by atoms with Crippen LogP contribution >= 0.6 is 0 Å². The molecule has 32 heavy (non-hydrogen) atoms. The van der Waals surface area contributed by atoms with E-state index in [1.807, 2.05) is 30.5 Å². The van der Waals surface area contributed by atoms with Crippen molar-refractivity contribution in [3.8, 4) is 28.3 Å². The lowest BCUT2D eigenvalue weighted by Gasteiger charge is -2.36. The van der Waals surface area contributed by atoms with Gasteiger partial charge in [0.05, 0.1) is 29.4 Å². The van der Waals surface area contributed by atoms with E-state index in [1.54, 1.807) is 0 Å². The first kappa shape index (κ1) is 20.2. The summed E-state index contributed by atoms with van der Waals surface area (Å²) in [5, 5.41) is 10.2. The van der Waals surface area contributed by atoms with Gasteiger partial charge >= 0.3 is 0 Å². The maximum Gasteiger partial charge on any atom is 0.0991 e. The predicted molar refractivity (Wildman–Crippen MR) is 130 cm³/mol. The number of benzene rings is 3. The van der Waals surface area contributed by atoms with Crippen LogP contribution in [0.5, 0.6) is 0 Å². The molecule has 1 unspecified atom stereocenters. The second kappa shape index (κ2) is 8.45. The molecular weight excluding hydrogens is 394 g/mol. The number of rotatable bonds is 3. The first-order valence-corrected chi connectivity index (χ1v) is 11.0. The van der Waals surface area contributed by atoms with Gasteiger partial charge in [-0.1, -0.05) is 42.5 Å². The average Bonchev–Trinajstić information content (AvgIpc) is 2.83. The van der Waals surface area contributed by atoms with Crippen molar-refractivity contribution in [2.75, 3.05) is 18.0 Å². The van der Waals surface area contributed by atoms with Crippen molar-refractivity contribution >= 4 is 16.6 Å². The molecule has 1 fully saturated rings. The highest BCUT2D eigenvalue weighted by Crippen LogP contribution is 2.31. The van der Waals surface area contributed by atoms with Crippen molar-refractivity contribution in [3.05, 3.63) is 84.6 Å². The molecule has 5 rings (SSSR count). The largest absolute Gasteiger partial charge is 0.372 e. The number of morpholine rings is 1. The predicted octanol–water partition coefficient (Wildman–Crippen LogP) is 6.05. The Morgan fingerprint density at radius 1 is 0.875 bits per heavy atom. The van der Waals surface area contributed by atoms with Crippen molar-refractivity contribution < 1.29 is 4.74 Å². The van der Waals surface area contributed by atoms with Crippen LogP contribution in [-0.2, 0) is 4.74 Å². The lowest BCUT2D eigenvalue weighted by Crippen LogP contribution is -2.45. The molecule has 1 aliphatic heterocycles. The maximum atomic E-state index is 9.05. The van der Waals surface area contributed by atoms with E-state index in [-0.39, 0.29) is 12.2 Å². The average molecular weight is 420 g/mol. The molecular formula is C28H25N3O. The highest BCUT2D eigenvalue weighted by Gasteiger charge is 2.22. The third-order valence-electron chi connectivity index (χ3n) is 6.02. The smallest absolute Gasteiger partial charge is 0.0991 e. The number of ether oxygens (including phenoxy) is 1. The van der Waals surface area contributed by atoms with Crippen molar-refractivity contribution in [2.45, 2.75) is 26.1 Å². The lowest BCUT2D eigenvalue weighted by molar-refractivity contribution is -0.00521. The van der Waals surface area contributed by atoms with E-state index >= 15 is 0 Å². The van der Waals surface area contributed by atoms with Crippen LogP contribution in [0.4, 0.5) is 5.69 Å². The summed E-state index contributed by atoms with van der Waals surface area (Å²) in [6.07, 6.45) is 2.44. The highest BCUT2D eigenvalue weighted by molar-refractivity contribution is 5.95. The van der Waals surface area contributed by atoms with E-state index in [9.17, 15) is 0 Å². The number of pyridine rings is 1. The molecule has 1 aliphatic rings. The second-order valence-electron chi connectivity index (χ2n) is 8.50. The summed E-state index contributed by atoms with van der Waals surface area (Å²) < 4.78 is 5.86. The molecule has 158 valence electrons. The van der Waals surface area contributed by atoms with Gasteiger partial charge in [0.2, 0.25) is 0 Å². The van der Waals surface area contributed by atoms with E-state index in [0.717, 1.165) is 46.2 Å². The number of nitrogens with zero attached hydrogens (tertiary/aromatic N) is 3. The van der Waals surface area contributed by atoms with Crippen LogP contribution in [0.25, 0.3) is 33.2 Å². The molecule has 2 atom stereocenters. The molecule has 0 spiro atoms. The summed E-state index contributed by atoms with van der Waals surface area (Å²) in [5.74, 6) is 0. The van der Waals surface area contributed by atoms with Gasteiger partial charge in [-0.25, -0.2) is 0 Å². The summed E-state index contributed by atoms with van der Waals surface area (Å²) >= 11 is 0. The molecule has 0 N–H and O–H groups in total. The molecule has 4 aromatic rings. The van der Waals surface area contributed by atoms with Crippen LogP contribution in [0.2, 0.25) is 0 Å². The molecule has 1 aromatic heterocycles. The SMILES string of the molecule is CC1CN(c2ccc(-c3cnc4c(-c5ccc(C#N)cc5)cccc4c3)cc2)C[C@H](C)O1. The van der Waals surface area contributed by atoms with Crippen molar-refractivity contribution in [2.24, 2.45) is 0 Å². The number of nitriles is 1. The third kappa shape index (κ3) is 3.95. The Balaban J connectivity index is 1.44. The van der Waals surface area contributed by atoms with Crippen molar-refractivity contribution in [1.29, 1.82) is 5.26 Å². The molecule has 0 saturated carbocycles. The van der Waals surface area contributed by atoms with E-state index in [0.29, 0.717) is 5.56 Å². The molecule has 1 saturated heterocycles. The number of para-hydroxylation sites is 1. The molecule has 4 nitrogen and oxygen atoms in total. The van der Waals surface area contributed by atoms with Crippen LogP contribution < -0.4 is 4.90 Å². The Kier molecular flexibility index (Phi) is 5.34. The standard InChI is InChI=1S/C28H25N3O/c1-19-17-31(18-20(2)32-19)26-12-10-22(11-13-26)25-14-24-4-3-5-27(28(24)30-16-25)23-8-6-21(15-29)7-9-23/h3-14,16,19-20H,17-18H2,1-2H3/t19-,20?/m0/s1. The Morgan fingerprint density at radius 3 is 2.25 bits per heavy atom. The van der Waals surface area contributed by atoms with Crippen molar-refractivity contribution in [1.82, 2.24) is 4.98 Å². The van der Waals surface area contributed by atoms with Gasteiger partial charge < -0.3 is 9.64 Å². The first-order chi connectivity index (χ1) is 15.6. The number of hydrogen-bond acceptors (Lipinski definition) is 4. The van der Waals surface area contributed by atoms with E-state index in [2.05, 4.69) is 73.3 Å². The molecule has 0 bridgehead atoms. The molecule has 3 aromatic carbocycles. The van der Waals surface area contributed by atoms with Crippen molar-refractivity contribution in [3.63, 3.8) is 0 Å². The molecule has 2 heterocycles. The van der Waals surface area contributed by atoms with Crippen LogP contribution in [0, 0.1) is 11.3 Å². The monoisotopic (exact) mass is 419 g/mol. The Bertz CT molecular complexity index is 1280. The van der Waals surface area contributed by atoms with E-state index in [1.165, 1.54) is 5.69 Å². The summed E-state index contributed by atoms with van der Waals surface area (Å²) in [7, 11) is 0. The number of hydrogen-bond donors (Lipinski definition) is 0. The van der Waals surface area contributed by atoms with E-state index < -0.39 is 0 Å². The zero-order valence-electron chi connectivity index (χ0n) is 18.3. The molecule has 0 radical (unpaired) electrons. The van der Waals surface area contributed by atoms with Gasteiger partial charge in [0, 0.05) is 41.5 Å². The Labute approximate surface area is 188 Å². The minimum absolute atomic E-state index is 0.244. The fourth-order valence-corrected chi connectivity index (χ4v) is 4.53. The third-order valence-corrected chi connectivity index (χ3v) is 6.02. The second-order valence-corrected chi connectivity index (χ2v) is 8.50. The zero-order chi connectivity index (χ0) is 22.1. The normalized spacial score (nSPS) is 18.5. The summed E-state index contributed by atoms with van der Waals surface area (Å²) in [6.45, 7) is 6.09. The quantitative estimate of drug-likeness (QED) is 0.405. The van der Waals surface area contributed by atoms with Gasteiger partial charge in [0.15, 0.2) is 0 Å². The number of fused-ring (bicyclic) bond motifs is 1. The summed E-state index contributed by atoms with van der Waals surface area (Å²) in [4.78, 5) is 7.21. The van der Waals surface area contributed by atoms with Gasteiger partial charge in [-0.2, -0.15) is 5.26 Å². The van der Waals surface area contributed by atoms with E-state index in [4.69, 9.17) is 15.0 Å². The molecule has 4 heteroatoms. The van der Waals surface area contributed by atoms with Crippen LogP contribution in [0.15, 0.2) is 79.0 Å².